The third kappa shape index (κ3) is 6.92. The number of carbonyl (C=O) groups excluding carboxylic acids is 3. The topological polar surface area (TPSA) is 149 Å². The van der Waals surface area contributed by atoms with Crippen molar-refractivity contribution in [3.05, 3.63) is 79.0 Å². The molecule has 2 aliphatic rings. The first-order chi connectivity index (χ1) is 22.0. The van der Waals surface area contributed by atoms with Crippen molar-refractivity contribution in [2.45, 2.75) is 57.7 Å². The van der Waals surface area contributed by atoms with Crippen molar-refractivity contribution < 1.29 is 19.1 Å². The van der Waals surface area contributed by atoms with Crippen molar-refractivity contribution in [2.75, 3.05) is 32.1 Å². The first-order valence-corrected chi connectivity index (χ1v) is 15.8. The molecule has 1 atom stereocenters. The molecule has 0 radical (unpaired) electrons. The molecule has 14 heteroatoms. The van der Waals surface area contributed by atoms with Crippen molar-refractivity contribution in [1.29, 1.82) is 0 Å². The number of likely N-dealkylation sites (tertiary alicyclic amines) is 1. The number of carbonyl (C=O) groups is 3. The molecule has 0 saturated carbocycles. The average molecular weight is 672 g/mol. The van der Waals surface area contributed by atoms with Crippen LogP contribution in [0.3, 0.4) is 0 Å². The molecule has 3 aromatic rings. The second kappa shape index (κ2) is 14.0. The lowest BCUT2D eigenvalue weighted by Crippen LogP contribution is -2.51. The number of fused-ring (bicyclic) bond motifs is 1. The van der Waals surface area contributed by atoms with Crippen LogP contribution in [0.2, 0.25) is 10.0 Å². The quantitative estimate of drug-likeness (QED) is 0.353. The summed E-state index contributed by atoms with van der Waals surface area (Å²) in [7, 11) is 1.60. The van der Waals surface area contributed by atoms with E-state index in [2.05, 4.69) is 5.32 Å². The fourth-order valence-electron chi connectivity index (χ4n) is 6.08. The van der Waals surface area contributed by atoms with E-state index in [1.165, 1.54) is 10.8 Å². The minimum atomic E-state index is -0.690. The summed E-state index contributed by atoms with van der Waals surface area (Å²) in [5.41, 5.74) is 6.17. The monoisotopic (exact) mass is 670 g/mol. The zero-order valence-corrected chi connectivity index (χ0v) is 27.1. The van der Waals surface area contributed by atoms with Crippen molar-refractivity contribution in [3.8, 4) is 16.9 Å². The molecular formula is C32H36Cl2N6O6. The second-order valence-electron chi connectivity index (χ2n) is 11.6. The molecule has 2 aliphatic heterocycles. The van der Waals surface area contributed by atoms with Crippen LogP contribution in [0.1, 0.15) is 44.2 Å². The molecule has 3 N–H and O–H groups in total. The van der Waals surface area contributed by atoms with Gasteiger partial charge in [0.2, 0.25) is 11.8 Å². The number of hydrogen-bond acceptors (Lipinski definition) is 6. The van der Waals surface area contributed by atoms with Gasteiger partial charge in [-0.1, -0.05) is 35.3 Å². The molecular weight excluding hydrogens is 635 g/mol. The molecule has 1 saturated heterocycles. The number of hydrogen-bond donors (Lipinski definition) is 2. The third-order valence-corrected chi connectivity index (χ3v) is 9.50. The van der Waals surface area contributed by atoms with Gasteiger partial charge in [-0.05, 0) is 62.4 Å². The van der Waals surface area contributed by atoms with Gasteiger partial charge in [0.05, 0.1) is 22.7 Å². The Kier molecular flexibility index (Phi) is 10.1. The van der Waals surface area contributed by atoms with Crippen molar-refractivity contribution in [2.24, 2.45) is 5.73 Å². The van der Waals surface area contributed by atoms with E-state index in [0.717, 1.165) is 21.6 Å². The number of primary amides is 1. The molecule has 0 bridgehead atoms. The summed E-state index contributed by atoms with van der Waals surface area (Å²) >= 11 is 12.7. The van der Waals surface area contributed by atoms with Crippen LogP contribution in [0.15, 0.2) is 52.2 Å². The number of amides is 4. The highest BCUT2D eigenvalue weighted by Gasteiger charge is 2.32. The highest BCUT2D eigenvalue weighted by Crippen LogP contribution is 2.32. The Labute approximate surface area is 275 Å². The van der Waals surface area contributed by atoms with E-state index in [1.807, 2.05) is 23.1 Å². The Morgan fingerprint density at radius 2 is 1.80 bits per heavy atom. The highest BCUT2D eigenvalue weighted by atomic mass is 35.5. The van der Waals surface area contributed by atoms with Gasteiger partial charge in [-0.15, -0.1) is 0 Å². The molecule has 12 nitrogen and oxygen atoms in total. The van der Waals surface area contributed by atoms with Crippen LogP contribution in [-0.2, 0) is 22.6 Å². The zero-order valence-electron chi connectivity index (χ0n) is 25.6. The van der Waals surface area contributed by atoms with Crippen LogP contribution >= 0.6 is 23.2 Å². The number of anilines is 1. The van der Waals surface area contributed by atoms with E-state index in [0.29, 0.717) is 44.5 Å². The number of piperidine rings is 1. The van der Waals surface area contributed by atoms with E-state index < -0.39 is 23.2 Å². The van der Waals surface area contributed by atoms with Gasteiger partial charge in [0, 0.05) is 55.6 Å². The van der Waals surface area contributed by atoms with Crippen molar-refractivity contribution in [1.82, 2.24) is 18.9 Å². The second-order valence-corrected chi connectivity index (χ2v) is 12.4. The van der Waals surface area contributed by atoms with Crippen LogP contribution in [0.5, 0.6) is 5.75 Å². The molecule has 1 aromatic heterocycles. The number of halogens is 2. The molecule has 244 valence electrons. The number of ether oxygens (including phenoxy) is 1. The maximum absolute atomic E-state index is 13.6. The maximum Gasteiger partial charge on any atom is 0.331 e. The predicted octanol–water partition coefficient (Wildman–Crippen LogP) is 3.90. The molecule has 0 aliphatic carbocycles. The molecule has 1 fully saturated rings. The summed E-state index contributed by atoms with van der Waals surface area (Å²) in [6.07, 6.45) is 3.26. The van der Waals surface area contributed by atoms with Gasteiger partial charge in [-0.2, -0.15) is 0 Å². The van der Waals surface area contributed by atoms with Crippen LogP contribution < -0.4 is 27.0 Å². The number of nitrogens with one attached hydrogen (secondary N) is 1. The van der Waals surface area contributed by atoms with E-state index in [4.69, 9.17) is 33.7 Å². The van der Waals surface area contributed by atoms with E-state index in [-0.39, 0.29) is 53.0 Å². The number of nitrogens with zero attached hydrogens (tertiary/aromatic N) is 4. The average Bonchev–Trinajstić information content (AvgIpc) is 3.20. The van der Waals surface area contributed by atoms with Crippen LogP contribution in [0.25, 0.3) is 11.1 Å². The van der Waals surface area contributed by atoms with Crippen LogP contribution in [-0.4, -0.2) is 69.6 Å². The summed E-state index contributed by atoms with van der Waals surface area (Å²) < 4.78 is 7.55. The SMILES string of the molecule is COc1ccc2c(c1)CCN(C1CCN(C(=O)Cn3cc(-c4cccc(Cl)c4Cl)c(=O)n([C@@H](C)CCC(N)=O)c3=O)CC1)C(=O)N2. The Morgan fingerprint density at radius 3 is 2.50 bits per heavy atom. The highest BCUT2D eigenvalue weighted by molar-refractivity contribution is 6.43. The molecule has 2 aromatic carbocycles. The standard InChI is InChI=1S/C32H36Cl2N6O6/c1-19(6-9-27(35)41)40-30(43)24(23-4-3-5-25(33)29(23)34)17-38(32(40)45)18-28(42)37-13-11-21(12-14-37)39-15-10-20-16-22(46-2)7-8-26(20)36-31(39)44/h3-5,7-8,16-17,19,21H,6,9-15,18H2,1-2H3,(H2,35,41)(H,36,44)/t19-/m0/s1. The van der Waals surface area contributed by atoms with Gasteiger partial charge in [0.1, 0.15) is 12.3 Å². The Morgan fingerprint density at radius 1 is 1.07 bits per heavy atom. The summed E-state index contributed by atoms with van der Waals surface area (Å²) in [6.45, 7) is 2.64. The number of nitrogens with two attached hydrogens (primary N) is 1. The number of aromatic nitrogens is 2. The number of benzene rings is 2. The Hall–Kier alpha value is -4.29. The molecule has 4 amide bonds. The van der Waals surface area contributed by atoms with E-state index >= 15 is 0 Å². The summed E-state index contributed by atoms with van der Waals surface area (Å²) in [5, 5.41) is 3.36. The first kappa shape index (κ1) is 33.1. The lowest BCUT2D eigenvalue weighted by molar-refractivity contribution is -0.133. The number of urea groups is 1. The van der Waals surface area contributed by atoms with Gasteiger partial charge >= 0.3 is 11.7 Å². The van der Waals surface area contributed by atoms with Crippen molar-refractivity contribution in [3.63, 3.8) is 0 Å². The van der Waals surface area contributed by atoms with E-state index in [9.17, 15) is 24.0 Å². The van der Waals surface area contributed by atoms with Gasteiger partial charge in [-0.3, -0.25) is 23.5 Å². The molecule has 46 heavy (non-hydrogen) atoms. The minimum absolute atomic E-state index is 0.0294. The van der Waals surface area contributed by atoms with Gasteiger partial charge in [0.15, 0.2) is 0 Å². The van der Waals surface area contributed by atoms with E-state index in [1.54, 1.807) is 37.1 Å². The largest absolute Gasteiger partial charge is 0.497 e. The predicted molar refractivity (Wildman–Crippen MR) is 176 cm³/mol. The number of rotatable bonds is 9. The fraction of sp³-hybridized carbons (Fsp3) is 0.406. The normalized spacial score (nSPS) is 16.0. The molecule has 3 heterocycles. The smallest absolute Gasteiger partial charge is 0.331 e. The molecule has 0 unspecified atom stereocenters. The summed E-state index contributed by atoms with van der Waals surface area (Å²) in [5.74, 6) is -0.139. The Balaban J connectivity index is 1.33. The first-order valence-electron chi connectivity index (χ1n) is 15.1. The fourth-order valence-corrected chi connectivity index (χ4v) is 6.48. The van der Waals surface area contributed by atoms with Crippen LogP contribution in [0, 0.1) is 0 Å². The van der Waals surface area contributed by atoms with Crippen LogP contribution in [0.4, 0.5) is 10.5 Å². The summed E-state index contributed by atoms with van der Waals surface area (Å²) in [4.78, 5) is 68.8. The zero-order chi connectivity index (χ0) is 33.1. The lowest BCUT2D eigenvalue weighted by Gasteiger charge is -2.38. The van der Waals surface area contributed by atoms with Gasteiger partial charge < -0.3 is 25.6 Å². The van der Waals surface area contributed by atoms with Gasteiger partial charge in [-0.25, -0.2) is 9.59 Å². The molecule has 5 rings (SSSR count). The van der Waals surface area contributed by atoms with Gasteiger partial charge in [0.25, 0.3) is 5.56 Å². The molecule has 0 spiro atoms. The maximum atomic E-state index is 13.6. The lowest BCUT2D eigenvalue weighted by atomic mass is 10.0. The minimum Gasteiger partial charge on any atom is -0.497 e. The third-order valence-electron chi connectivity index (χ3n) is 8.68. The summed E-state index contributed by atoms with van der Waals surface area (Å²) in [6, 6.07) is 9.47. The van der Waals surface area contributed by atoms with Crippen molar-refractivity contribution >= 4 is 46.7 Å². The number of methoxy groups -OCH3 is 1. The Bertz CT molecular complexity index is 1780.